The SMILES string of the molecule is C=C(CCC(=O)NC(CNC(=O)C(=C)CN1CCCCC1)C1CCCCC1)SC(/C=C(\C)Cl)=C(/C)N.CC.CCCC.NC=O. The Morgan fingerprint density at radius 1 is 1.00 bits per heavy atom. The van der Waals surface area contributed by atoms with E-state index in [0.717, 1.165) is 35.7 Å². The van der Waals surface area contributed by atoms with Gasteiger partial charge in [0.2, 0.25) is 18.2 Å². The average Bonchev–Trinajstić information content (AvgIpc) is 3.03. The first kappa shape index (κ1) is 44.9. The molecule has 1 aliphatic heterocycles. The van der Waals surface area contributed by atoms with Gasteiger partial charge in [0.05, 0.1) is 0 Å². The quantitative estimate of drug-likeness (QED) is 0.0861. The zero-order chi connectivity index (χ0) is 34.6. The average molecular weight is 670 g/mol. The van der Waals surface area contributed by atoms with Crippen molar-refractivity contribution in [2.45, 2.75) is 125 Å². The summed E-state index contributed by atoms with van der Waals surface area (Å²) in [5, 5.41) is 6.91. The number of piperidine rings is 1. The van der Waals surface area contributed by atoms with Gasteiger partial charge in [-0.15, -0.1) is 0 Å². The van der Waals surface area contributed by atoms with E-state index < -0.39 is 0 Å². The number of amides is 3. The fourth-order valence-electron chi connectivity index (χ4n) is 4.80. The molecule has 1 saturated carbocycles. The highest BCUT2D eigenvalue weighted by molar-refractivity contribution is 8.06. The molecule has 0 aromatic carbocycles. The predicted molar refractivity (Wildman–Crippen MR) is 196 cm³/mol. The maximum atomic E-state index is 12.9. The molecule has 1 unspecified atom stereocenters. The zero-order valence-electron chi connectivity index (χ0n) is 29.2. The Morgan fingerprint density at radius 2 is 1.53 bits per heavy atom. The summed E-state index contributed by atoms with van der Waals surface area (Å²) in [6, 6.07) is -0.0750. The highest BCUT2D eigenvalue weighted by Gasteiger charge is 2.26. The lowest BCUT2D eigenvalue weighted by Gasteiger charge is -2.31. The minimum atomic E-state index is -0.112. The van der Waals surface area contributed by atoms with Crippen LogP contribution < -0.4 is 22.1 Å². The lowest BCUT2D eigenvalue weighted by molar-refractivity contribution is -0.123. The molecule has 2 rings (SSSR count). The third-order valence-corrected chi connectivity index (χ3v) is 8.60. The molecule has 1 atom stereocenters. The van der Waals surface area contributed by atoms with Crippen molar-refractivity contribution in [2.75, 3.05) is 26.2 Å². The van der Waals surface area contributed by atoms with Crippen molar-refractivity contribution >= 4 is 41.6 Å². The summed E-state index contributed by atoms with van der Waals surface area (Å²) in [5.41, 5.74) is 11.4. The number of nitrogens with one attached hydrogen (secondary N) is 2. The lowest BCUT2D eigenvalue weighted by atomic mass is 9.83. The van der Waals surface area contributed by atoms with E-state index in [1.54, 1.807) is 6.92 Å². The lowest BCUT2D eigenvalue weighted by Crippen LogP contribution is -2.49. The van der Waals surface area contributed by atoms with Gasteiger partial charge in [-0.3, -0.25) is 19.3 Å². The Bertz CT molecular complexity index is 916. The number of halogens is 1. The number of nitrogens with two attached hydrogens (primary N) is 2. The summed E-state index contributed by atoms with van der Waals surface area (Å²) < 4.78 is 0. The summed E-state index contributed by atoms with van der Waals surface area (Å²) in [6.45, 7) is 23.2. The number of carbonyl (C=O) groups is 3. The predicted octanol–water partition coefficient (Wildman–Crippen LogP) is 7.50. The Kier molecular flexibility index (Phi) is 29.1. The van der Waals surface area contributed by atoms with Crippen LogP contribution in [0.25, 0.3) is 0 Å². The number of likely N-dealkylation sites (tertiary alicyclic amines) is 1. The van der Waals surface area contributed by atoms with Crippen molar-refractivity contribution < 1.29 is 14.4 Å². The van der Waals surface area contributed by atoms with Crippen molar-refractivity contribution in [1.29, 1.82) is 0 Å². The van der Waals surface area contributed by atoms with Crippen LogP contribution in [0.4, 0.5) is 0 Å². The molecule has 1 saturated heterocycles. The van der Waals surface area contributed by atoms with E-state index in [1.807, 2.05) is 26.8 Å². The summed E-state index contributed by atoms with van der Waals surface area (Å²) in [5.74, 6) is 0.245. The van der Waals surface area contributed by atoms with E-state index >= 15 is 0 Å². The van der Waals surface area contributed by atoms with Crippen molar-refractivity contribution in [3.05, 3.63) is 45.3 Å². The Labute approximate surface area is 284 Å². The Morgan fingerprint density at radius 3 is 2.02 bits per heavy atom. The van der Waals surface area contributed by atoms with E-state index in [-0.39, 0.29) is 24.3 Å². The molecule has 0 aromatic rings. The van der Waals surface area contributed by atoms with Crippen LogP contribution in [0.3, 0.4) is 0 Å². The number of rotatable bonds is 14. The van der Waals surface area contributed by atoms with E-state index in [9.17, 15) is 9.59 Å². The minimum absolute atomic E-state index is 0.0206. The highest BCUT2D eigenvalue weighted by Crippen LogP contribution is 2.31. The number of carbonyl (C=O) groups excluding carboxylic acids is 3. The normalized spacial score (nSPS) is 16.5. The summed E-state index contributed by atoms with van der Waals surface area (Å²) in [4.78, 5) is 38.2. The maximum absolute atomic E-state index is 12.9. The second-order valence-electron chi connectivity index (χ2n) is 11.3. The van der Waals surface area contributed by atoms with Gasteiger partial charge in [-0.1, -0.05) is 103 Å². The van der Waals surface area contributed by atoms with Crippen LogP contribution in [0, 0.1) is 5.92 Å². The molecular formula is C35H64ClN5O3S. The zero-order valence-corrected chi connectivity index (χ0v) is 30.7. The maximum Gasteiger partial charge on any atom is 0.247 e. The smallest absolute Gasteiger partial charge is 0.247 e. The molecule has 0 spiro atoms. The molecule has 0 aromatic heterocycles. The molecule has 1 heterocycles. The summed E-state index contributed by atoms with van der Waals surface area (Å²) >= 11 is 7.46. The highest BCUT2D eigenvalue weighted by atomic mass is 35.5. The van der Waals surface area contributed by atoms with Crippen molar-refractivity contribution in [2.24, 2.45) is 17.4 Å². The van der Waals surface area contributed by atoms with E-state index in [4.69, 9.17) is 22.1 Å². The van der Waals surface area contributed by atoms with Crippen LogP contribution in [0.5, 0.6) is 0 Å². The fourth-order valence-corrected chi connectivity index (χ4v) is 5.89. The van der Waals surface area contributed by atoms with Crippen LogP contribution in [0.15, 0.2) is 45.3 Å². The first-order valence-electron chi connectivity index (χ1n) is 16.8. The van der Waals surface area contributed by atoms with Crippen LogP contribution in [0.2, 0.25) is 0 Å². The van der Waals surface area contributed by atoms with E-state index in [1.165, 1.54) is 63.1 Å². The molecule has 8 nitrogen and oxygen atoms in total. The van der Waals surface area contributed by atoms with Gasteiger partial charge in [0.15, 0.2) is 0 Å². The molecule has 2 aliphatic rings. The van der Waals surface area contributed by atoms with Crippen molar-refractivity contribution in [1.82, 2.24) is 15.5 Å². The van der Waals surface area contributed by atoms with E-state index in [2.05, 4.69) is 48.3 Å². The molecular weight excluding hydrogens is 606 g/mol. The first-order valence-corrected chi connectivity index (χ1v) is 18.0. The Balaban J connectivity index is 0. The van der Waals surface area contributed by atoms with Gasteiger partial charge in [-0.05, 0) is 75.9 Å². The van der Waals surface area contributed by atoms with Gasteiger partial charge in [0, 0.05) is 46.8 Å². The molecule has 3 amide bonds. The van der Waals surface area contributed by atoms with Gasteiger partial charge in [0.25, 0.3) is 0 Å². The third-order valence-electron chi connectivity index (χ3n) is 7.34. The van der Waals surface area contributed by atoms with Gasteiger partial charge < -0.3 is 22.1 Å². The molecule has 10 heteroatoms. The minimum Gasteiger partial charge on any atom is -0.401 e. The molecule has 1 aliphatic carbocycles. The van der Waals surface area contributed by atoms with Crippen molar-refractivity contribution in [3.63, 3.8) is 0 Å². The van der Waals surface area contributed by atoms with Crippen molar-refractivity contribution in [3.8, 4) is 0 Å². The number of allylic oxidation sites excluding steroid dienone is 4. The third kappa shape index (κ3) is 23.7. The summed E-state index contributed by atoms with van der Waals surface area (Å²) in [6.07, 6.45) is 14.9. The van der Waals surface area contributed by atoms with Crippen LogP contribution >= 0.6 is 23.4 Å². The Hall–Kier alpha value is -2.23. The fraction of sp³-hybridized carbons (Fsp3) is 0.686. The molecule has 45 heavy (non-hydrogen) atoms. The topological polar surface area (TPSA) is 131 Å². The largest absolute Gasteiger partial charge is 0.401 e. The standard InChI is InChI=1S/C28H45ClN4O2S.C4H10.C2H6.CH3NO/c1-20(19-33-15-9-6-10-16-33)28(35)31-18-25(24-11-7-5-8-12-24)32-27(34)14-13-22(3)36-26(23(4)30)17-21(2)29;1-3-4-2;1-2;2-1-3/h17,24-25H,1,3,5-16,18-19,30H2,2,4H3,(H,31,35)(H,32,34);3-4H2,1-2H3;1-2H3;1H,(H2,2,3)/b21-17+,26-23-;;;. The van der Waals surface area contributed by atoms with Crippen LogP contribution in [-0.4, -0.2) is 55.3 Å². The monoisotopic (exact) mass is 669 g/mol. The second kappa shape index (κ2) is 29.2. The van der Waals surface area contributed by atoms with Gasteiger partial charge >= 0.3 is 0 Å². The summed E-state index contributed by atoms with van der Waals surface area (Å²) in [7, 11) is 0. The van der Waals surface area contributed by atoms with Crippen LogP contribution in [0.1, 0.15) is 119 Å². The molecule has 0 bridgehead atoms. The second-order valence-corrected chi connectivity index (χ2v) is 13.1. The molecule has 260 valence electrons. The number of thioether (sulfide) groups is 1. The van der Waals surface area contributed by atoms with Gasteiger partial charge in [-0.2, -0.15) is 0 Å². The number of unbranched alkanes of at least 4 members (excludes halogenated alkanes) is 1. The number of primary amides is 1. The first-order chi connectivity index (χ1) is 21.5. The van der Waals surface area contributed by atoms with E-state index in [0.29, 0.717) is 48.2 Å². The van der Waals surface area contributed by atoms with Gasteiger partial charge in [-0.25, -0.2) is 0 Å². The van der Waals surface area contributed by atoms with Gasteiger partial charge in [0.1, 0.15) is 0 Å². The number of hydrogen-bond donors (Lipinski definition) is 4. The molecule has 2 fully saturated rings. The molecule has 6 N–H and O–H groups in total. The van der Waals surface area contributed by atoms with Crippen LogP contribution in [-0.2, 0) is 14.4 Å². The molecule has 0 radical (unpaired) electrons. The number of hydrogen-bond acceptors (Lipinski definition) is 6. The number of nitrogens with zero attached hydrogens (tertiary/aromatic N) is 1.